The summed E-state index contributed by atoms with van der Waals surface area (Å²) >= 11 is 0. The minimum Gasteiger partial charge on any atom is -0.508 e. The number of benzene rings is 2. The summed E-state index contributed by atoms with van der Waals surface area (Å²) in [4.78, 5) is 37.6. The molecule has 4 N–H and O–H groups in total. The molecular formula is C21H18O7. The molecule has 0 amide bonds. The minimum absolute atomic E-state index is 0.161. The number of fused-ring (bicyclic) bond motifs is 2. The van der Waals surface area contributed by atoms with Gasteiger partial charge in [-0.05, 0) is 37.5 Å². The van der Waals surface area contributed by atoms with Crippen LogP contribution in [0.5, 0.6) is 17.2 Å². The van der Waals surface area contributed by atoms with E-state index in [1.165, 1.54) is 6.07 Å². The number of ketones is 2. The van der Waals surface area contributed by atoms with Crippen LogP contribution in [0.3, 0.4) is 0 Å². The monoisotopic (exact) mass is 382 g/mol. The summed E-state index contributed by atoms with van der Waals surface area (Å²) in [7, 11) is 0. The third-order valence-electron chi connectivity index (χ3n) is 4.92. The van der Waals surface area contributed by atoms with Crippen molar-refractivity contribution in [2.45, 2.75) is 26.7 Å². The fourth-order valence-electron chi connectivity index (χ4n) is 3.49. The van der Waals surface area contributed by atoms with Crippen LogP contribution in [0, 0.1) is 0 Å². The van der Waals surface area contributed by atoms with Gasteiger partial charge in [0, 0.05) is 17.2 Å². The lowest BCUT2D eigenvalue weighted by Crippen LogP contribution is -2.23. The van der Waals surface area contributed by atoms with Crippen LogP contribution in [0.15, 0.2) is 29.8 Å². The number of hydrogen-bond acceptors (Lipinski definition) is 6. The van der Waals surface area contributed by atoms with E-state index in [2.05, 4.69) is 0 Å². The Kier molecular flexibility index (Phi) is 4.68. The number of hydrogen-bond donors (Lipinski definition) is 4. The third kappa shape index (κ3) is 2.81. The summed E-state index contributed by atoms with van der Waals surface area (Å²) in [5.74, 6) is -4.82. The fraction of sp³-hybridized carbons (Fsp3) is 0.190. The summed E-state index contributed by atoms with van der Waals surface area (Å²) in [5.41, 5.74) is -0.554. The van der Waals surface area contributed by atoms with Gasteiger partial charge in [0.15, 0.2) is 5.78 Å². The Morgan fingerprint density at radius 1 is 1.00 bits per heavy atom. The van der Waals surface area contributed by atoms with Gasteiger partial charge in [-0.3, -0.25) is 9.59 Å². The number of aromatic hydroxyl groups is 3. The Morgan fingerprint density at radius 2 is 1.64 bits per heavy atom. The number of carbonyl (C=O) groups is 3. The standard InChI is InChI=1S/C21H18O7/c1-3-9(4-2)5-10-6-12-17(19(25)15(10)21(27)28)20(26)16-13(18(12)24)7-11(22)8-14(16)23/h3,6-8,22-23,25H,4-5H2,1-2H3,(H,27,28)/b9-3-. The van der Waals surface area contributed by atoms with Crippen LogP contribution in [0.1, 0.15) is 68.0 Å². The summed E-state index contributed by atoms with van der Waals surface area (Å²) < 4.78 is 0. The van der Waals surface area contributed by atoms with Gasteiger partial charge in [-0.15, -0.1) is 0 Å². The number of carboxylic acids is 1. The molecule has 0 bridgehead atoms. The predicted octanol–water partition coefficient (Wildman–Crippen LogP) is 3.18. The van der Waals surface area contributed by atoms with Crippen molar-refractivity contribution in [3.63, 3.8) is 0 Å². The minimum atomic E-state index is -1.43. The molecule has 0 heterocycles. The Morgan fingerprint density at radius 3 is 2.21 bits per heavy atom. The normalized spacial score (nSPS) is 13.3. The van der Waals surface area contributed by atoms with Gasteiger partial charge < -0.3 is 20.4 Å². The van der Waals surface area contributed by atoms with Crippen LogP contribution < -0.4 is 0 Å². The lowest BCUT2D eigenvalue weighted by atomic mass is 9.80. The van der Waals surface area contributed by atoms with Crippen LogP contribution in [-0.2, 0) is 6.42 Å². The number of phenols is 3. The van der Waals surface area contributed by atoms with Gasteiger partial charge in [0.2, 0.25) is 5.78 Å². The molecule has 0 fully saturated rings. The van der Waals surface area contributed by atoms with E-state index in [9.17, 15) is 34.8 Å². The maximum absolute atomic E-state index is 12.9. The van der Waals surface area contributed by atoms with Crippen molar-refractivity contribution in [3.8, 4) is 17.2 Å². The number of rotatable bonds is 4. The van der Waals surface area contributed by atoms with Gasteiger partial charge in [-0.25, -0.2) is 4.79 Å². The third-order valence-corrected chi connectivity index (χ3v) is 4.92. The molecule has 1 aliphatic rings. The molecule has 0 saturated heterocycles. The van der Waals surface area contributed by atoms with Crippen LogP contribution in [0.4, 0.5) is 0 Å². The molecule has 3 rings (SSSR count). The zero-order valence-electron chi connectivity index (χ0n) is 15.2. The maximum Gasteiger partial charge on any atom is 0.339 e. The topological polar surface area (TPSA) is 132 Å². The van der Waals surface area contributed by atoms with E-state index in [0.29, 0.717) is 6.42 Å². The van der Waals surface area contributed by atoms with E-state index in [-0.39, 0.29) is 28.7 Å². The molecule has 0 radical (unpaired) electrons. The van der Waals surface area contributed by atoms with Crippen molar-refractivity contribution >= 4 is 17.5 Å². The SMILES string of the molecule is C/C=C(/CC)Cc1cc2c(c(O)c1C(=O)O)C(=O)c1c(O)cc(O)cc1C2=O. The van der Waals surface area contributed by atoms with Gasteiger partial charge in [0.25, 0.3) is 0 Å². The van der Waals surface area contributed by atoms with E-state index < -0.39 is 45.9 Å². The number of carbonyl (C=O) groups excluding carboxylic acids is 2. The van der Waals surface area contributed by atoms with E-state index in [1.807, 2.05) is 13.0 Å². The number of allylic oxidation sites excluding steroid dienone is 2. The predicted molar refractivity (Wildman–Crippen MR) is 99.5 cm³/mol. The first-order valence-corrected chi connectivity index (χ1v) is 8.62. The van der Waals surface area contributed by atoms with Crippen molar-refractivity contribution in [1.82, 2.24) is 0 Å². The summed E-state index contributed by atoms with van der Waals surface area (Å²) in [5, 5.41) is 39.9. The zero-order valence-corrected chi connectivity index (χ0v) is 15.2. The van der Waals surface area contributed by atoms with Gasteiger partial charge in [-0.2, -0.15) is 0 Å². The molecule has 2 aromatic rings. The first kappa shape index (κ1) is 19.2. The van der Waals surface area contributed by atoms with Crippen LogP contribution >= 0.6 is 0 Å². The molecule has 0 saturated carbocycles. The first-order valence-electron chi connectivity index (χ1n) is 8.62. The second-order valence-corrected chi connectivity index (χ2v) is 6.51. The quantitative estimate of drug-likeness (QED) is 0.510. The highest BCUT2D eigenvalue weighted by Gasteiger charge is 2.37. The van der Waals surface area contributed by atoms with E-state index in [4.69, 9.17) is 0 Å². The molecule has 144 valence electrons. The van der Waals surface area contributed by atoms with Crippen molar-refractivity contribution < 1.29 is 34.8 Å². The highest BCUT2D eigenvalue weighted by molar-refractivity contribution is 6.31. The first-order chi connectivity index (χ1) is 13.2. The smallest absolute Gasteiger partial charge is 0.339 e. The Balaban J connectivity index is 2.33. The second kappa shape index (κ2) is 6.84. The molecule has 7 heteroatoms. The molecule has 28 heavy (non-hydrogen) atoms. The summed E-state index contributed by atoms with van der Waals surface area (Å²) in [6.45, 7) is 3.69. The zero-order chi connectivity index (χ0) is 20.7. The average Bonchev–Trinajstić information content (AvgIpc) is 2.62. The Hall–Kier alpha value is -3.61. The molecule has 1 aliphatic carbocycles. The lowest BCUT2D eigenvalue weighted by Gasteiger charge is -2.22. The van der Waals surface area contributed by atoms with Crippen LogP contribution in [0.25, 0.3) is 0 Å². The number of aromatic carboxylic acids is 1. The van der Waals surface area contributed by atoms with E-state index in [0.717, 1.165) is 17.7 Å². The molecule has 0 spiro atoms. The largest absolute Gasteiger partial charge is 0.508 e. The molecule has 0 aliphatic heterocycles. The summed E-state index contributed by atoms with van der Waals surface area (Å²) in [6.07, 6.45) is 2.65. The number of carboxylic acid groups (broad SMARTS) is 1. The Bertz CT molecular complexity index is 1080. The second-order valence-electron chi connectivity index (χ2n) is 6.51. The molecule has 0 aromatic heterocycles. The molecule has 0 atom stereocenters. The van der Waals surface area contributed by atoms with Crippen molar-refractivity contribution in [2.75, 3.05) is 0 Å². The Labute approximate surface area is 160 Å². The summed E-state index contributed by atoms with van der Waals surface area (Å²) in [6, 6.07) is 3.25. The lowest BCUT2D eigenvalue weighted by molar-refractivity contribution is 0.0692. The average molecular weight is 382 g/mol. The highest BCUT2D eigenvalue weighted by Crippen LogP contribution is 2.41. The van der Waals surface area contributed by atoms with E-state index >= 15 is 0 Å². The fourth-order valence-corrected chi connectivity index (χ4v) is 3.49. The number of phenolic OH excluding ortho intramolecular Hbond substituents is 2. The van der Waals surface area contributed by atoms with Gasteiger partial charge in [-0.1, -0.05) is 18.6 Å². The van der Waals surface area contributed by atoms with Crippen LogP contribution in [0.2, 0.25) is 0 Å². The molecule has 7 nitrogen and oxygen atoms in total. The maximum atomic E-state index is 12.9. The molecule has 0 unspecified atom stereocenters. The van der Waals surface area contributed by atoms with Gasteiger partial charge in [0.1, 0.15) is 22.8 Å². The molecular weight excluding hydrogens is 364 g/mol. The van der Waals surface area contributed by atoms with E-state index in [1.54, 1.807) is 6.92 Å². The van der Waals surface area contributed by atoms with Gasteiger partial charge >= 0.3 is 5.97 Å². The van der Waals surface area contributed by atoms with Crippen molar-refractivity contribution in [1.29, 1.82) is 0 Å². The molecule has 2 aromatic carbocycles. The van der Waals surface area contributed by atoms with Crippen molar-refractivity contribution in [2.24, 2.45) is 0 Å². The highest BCUT2D eigenvalue weighted by atomic mass is 16.4. The van der Waals surface area contributed by atoms with Gasteiger partial charge in [0.05, 0.1) is 11.1 Å². The van der Waals surface area contributed by atoms with Crippen LogP contribution in [-0.4, -0.2) is 38.0 Å². The van der Waals surface area contributed by atoms with Crippen molar-refractivity contribution in [3.05, 3.63) is 63.2 Å².